The number of primary sulfonamides is 1. The number of carbonyl (C=O) groups excluding carboxylic acids is 1. The van der Waals surface area contributed by atoms with Crippen LogP contribution in [0.5, 0.6) is 0 Å². The van der Waals surface area contributed by atoms with Gasteiger partial charge in [0.1, 0.15) is 6.10 Å². The van der Waals surface area contributed by atoms with Crippen molar-refractivity contribution in [1.29, 1.82) is 0 Å². The molecule has 0 unspecified atom stereocenters. The van der Waals surface area contributed by atoms with Crippen molar-refractivity contribution in [1.82, 2.24) is 0 Å². The van der Waals surface area contributed by atoms with Gasteiger partial charge in [-0.2, -0.15) is 0 Å². The minimum absolute atomic E-state index is 0.0717. The van der Waals surface area contributed by atoms with E-state index in [0.29, 0.717) is 4.47 Å². The average molecular weight is 348 g/mol. The maximum absolute atomic E-state index is 12.0. The molecule has 104 valence electrons. The van der Waals surface area contributed by atoms with E-state index in [1.807, 2.05) is 0 Å². The van der Waals surface area contributed by atoms with E-state index in [2.05, 4.69) is 15.9 Å². The molecule has 0 aliphatic heterocycles. The molecule has 0 heterocycles. The van der Waals surface area contributed by atoms with Crippen LogP contribution in [-0.2, 0) is 14.8 Å². The normalized spacial score (nSPS) is 16.5. The van der Waals surface area contributed by atoms with Crippen molar-refractivity contribution < 1.29 is 17.9 Å². The van der Waals surface area contributed by atoms with E-state index < -0.39 is 16.0 Å². The molecule has 1 fully saturated rings. The summed E-state index contributed by atoms with van der Waals surface area (Å²) in [6, 6.07) is 4.05. The van der Waals surface area contributed by atoms with Crippen molar-refractivity contribution in [2.75, 3.05) is 0 Å². The van der Waals surface area contributed by atoms with Crippen LogP contribution in [-0.4, -0.2) is 20.5 Å². The molecule has 5 nitrogen and oxygen atoms in total. The van der Waals surface area contributed by atoms with Crippen molar-refractivity contribution in [3.8, 4) is 0 Å². The Hall–Kier alpha value is -0.920. The second-order valence-electron chi connectivity index (χ2n) is 4.50. The van der Waals surface area contributed by atoms with Gasteiger partial charge in [-0.15, -0.1) is 0 Å². The van der Waals surface area contributed by atoms with Gasteiger partial charge in [0, 0.05) is 4.47 Å². The zero-order valence-corrected chi connectivity index (χ0v) is 12.5. The second-order valence-corrected chi connectivity index (χ2v) is 6.91. The summed E-state index contributed by atoms with van der Waals surface area (Å²) >= 11 is 3.21. The van der Waals surface area contributed by atoms with Crippen LogP contribution in [0.1, 0.15) is 36.0 Å². The van der Waals surface area contributed by atoms with Crippen LogP contribution < -0.4 is 5.14 Å². The lowest BCUT2D eigenvalue weighted by Crippen LogP contribution is -2.17. The molecule has 2 N–H and O–H groups in total. The highest BCUT2D eigenvalue weighted by Crippen LogP contribution is 2.25. The largest absolute Gasteiger partial charge is 0.459 e. The molecule has 1 saturated carbocycles. The first kappa shape index (κ1) is 14.5. The Bertz CT molecular complexity index is 594. The molecule has 1 aromatic rings. The molecule has 0 bridgehead atoms. The van der Waals surface area contributed by atoms with Gasteiger partial charge < -0.3 is 4.74 Å². The molecule has 1 aromatic carbocycles. The molecular weight excluding hydrogens is 334 g/mol. The van der Waals surface area contributed by atoms with E-state index in [-0.39, 0.29) is 16.6 Å². The van der Waals surface area contributed by atoms with Crippen LogP contribution >= 0.6 is 15.9 Å². The van der Waals surface area contributed by atoms with E-state index >= 15 is 0 Å². The SMILES string of the molecule is NS(=O)(=O)c1ccc(Br)c(C(=O)OC2CCCC2)c1. The quantitative estimate of drug-likeness (QED) is 0.849. The Morgan fingerprint density at radius 3 is 2.53 bits per heavy atom. The van der Waals surface area contributed by atoms with E-state index in [1.165, 1.54) is 18.2 Å². The number of hydrogen-bond donors (Lipinski definition) is 1. The third kappa shape index (κ3) is 3.55. The number of benzene rings is 1. The van der Waals surface area contributed by atoms with E-state index in [0.717, 1.165) is 25.7 Å². The Morgan fingerprint density at radius 2 is 1.95 bits per heavy atom. The molecule has 0 saturated heterocycles. The lowest BCUT2D eigenvalue weighted by molar-refractivity contribution is 0.0316. The molecule has 0 amide bonds. The van der Waals surface area contributed by atoms with Crippen LogP contribution in [0.15, 0.2) is 27.6 Å². The molecule has 0 radical (unpaired) electrons. The topological polar surface area (TPSA) is 86.5 Å². The fourth-order valence-corrected chi connectivity index (χ4v) is 3.01. The van der Waals surface area contributed by atoms with E-state index in [1.54, 1.807) is 0 Å². The lowest BCUT2D eigenvalue weighted by atomic mass is 10.2. The number of halogens is 1. The first-order valence-corrected chi connectivity index (χ1v) is 8.25. The minimum Gasteiger partial charge on any atom is -0.459 e. The maximum atomic E-state index is 12.0. The van der Waals surface area contributed by atoms with Gasteiger partial charge in [0.05, 0.1) is 10.5 Å². The van der Waals surface area contributed by atoms with E-state index in [9.17, 15) is 13.2 Å². The third-order valence-corrected chi connectivity index (χ3v) is 4.66. The Balaban J connectivity index is 2.25. The van der Waals surface area contributed by atoms with Gasteiger partial charge in [0.25, 0.3) is 0 Å². The standard InChI is InChI=1S/C12H14BrNO4S/c13-11-6-5-9(19(14,16)17)7-10(11)12(15)18-8-3-1-2-4-8/h5-8H,1-4H2,(H2,14,16,17). The fraction of sp³-hybridized carbons (Fsp3) is 0.417. The first-order chi connectivity index (χ1) is 8.88. The fourth-order valence-electron chi connectivity index (χ4n) is 2.06. The summed E-state index contributed by atoms with van der Waals surface area (Å²) in [4.78, 5) is 11.9. The highest BCUT2D eigenvalue weighted by Gasteiger charge is 2.22. The number of esters is 1. The summed E-state index contributed by atoms with van der Waals surface area (Å²) in [6.45, 7) is 0. The van der Waals surface area contributed by atoms with Crippen molar-refractivity contribution in [3.63, 3.8) is 0 Å². The van der Waals surface area contributed by atoms with Crippen molar-refractivity contribution in [2.45, 2.75) is 36.7 Å². The van der Waals surface area contributed by atoms with Crippen LogP contribution in [0.4, 0.5) is 0 Å². The summed E-state index contributed by atoms with van der Waals surface area (Å²) in [6.07, 6.45) is 3.75. The van der Waals surface area contributed by atoms with Gasteiger partial charge in [-0.25, -0.2) is 18.4 Å². The molecule has 1 aliphatic carbocycles. The molecule has 0 aromatic heterocycles. The van der Waals surface area contributed by atoms with Crippen LogP contribution in [0.3, 0.4) is 0 Å². The van der Waals surface area contributed by atoms with Gasteiger partial charge in [0.15, 0.2) is 0 Å². The van der Waals surface area contributed by atoms with Gasteiger partial charge in [-0.1, -0.05) is 0 Å². The summed E-state index contributed by atoms with van der Waals surface area (Å²) in [5.41, 5.74) is 0.179. The van der Waals surface area contributed by atoms with Gasteiger partial charge >= 0.3 is 5.97 Å². The Morgan fingerprint density at radius 1 is 1.32 bits per heavy atom. The Kier molecular flexibility index (Phi) is 4.27. The second kappa shape index (κ2) is 5.60. The first-order valence-electron chi connectivity index (χ1n) is 5.91. The summed E-state index contributed by atoms with van der Waals surface area (Å²) in [5, 5.41) is 5.04. The number of nitrogens with two attached hydrogens (primary N) is 1. The molecule has 7 heteroatoms. The number of carbonyl (C=O) groups is 1. The molecule has 0 spiro atoms. The zero-order valence-electron chi connectivity index (χ0n) is 10.1. The maximum Gasteiger partial charge on any atom is 0.339 e. The van der Waals surface area contributed by atoms with Crippen LogP contribution in [0.2, 0.25) is 0 Å². The van der Waals surface area contributed by atoms with Gasteiger partial charge in [-0.05, 0) is 59.8 Å². The van der Waals surface area contributed by atoms with Crippen molar-refractivity contribution in [2.24, 2.45) is 5.14 Å². The van der Waals surface area contributed by atoms with Crippen LogP contribution in [0.25, 0.3) is 0 Å². The van der Waals surface area contributed by atoms with Crippen molar-refractivity contribution >= 4 is 31.9 Å². The average Bonchev–Trinajstić information content (AvgIpc) is 2.80. The third-order valence-electron chi connectivity index (χ3n) is 3.06. The van der Waals surface area contributed by atoms with Gasteiger partial charge in [0.2, 0.25) is 10.0 Å². The number of hydrogen-bond acceptors (Lipinski definition) is 4. The highest BCUT2D eigenvalue weighted by molar-refractivity contribution is 9.10. The summed E-state index contributed by atoms with van der Waals surface area (Å²) in [7, 11) is -3.83. The monoisotopic (exact) mass is 347 g/mol. The molecular formula is C12H14BrNO4S. The minimum atomic E-state index is -3.83. The van der Waals surface area contributed by atoms with Crippen molar-refractivity contribution in [3.05, 3.63) is 28.2 Å². The number of rotatable bonds is 3. The Labute approximate surface area is 120 Å². The number of sulfonamides is 1. The lowest BCUT2D eigenvalue weighted by Gasteiger charge is -2.12. The summed E-state index contributed by atoms with van der Waals surface area (Å²) < 4.78 is 28.4. The highest BCUT2D eigenvalue weighted by atomic mass is 79.9. The molecule has 19 heavy (non-hydrogen) atoms. The predicted molar refractivity (Wildman–Crippen MR) is 73.2 cm³/mol. The van der Waals surface area contributed by atoms with Gasteiger partial charge in [-0.3, -0.25) is 0 Å². The smallest absolute Gasteiger partial charge is 0.339 e. The molecule has 0 atom stereocenters. The van der Waals surface area contributed by atoms with E-state index in [4.69, 9.17) is 9.88 Å². The number of ether oxygens (including phenoxy) is 1. The zero-order chi connectivity index (χ0) is 14.0. The van der Waals surface area contributed by atoms with Crippen LogP contribution in [0, 0.1) is 0 Å². The molecule has 2 rings (SSSR count). The summed E-state index contributed by atoms with van der Waals surface area (Å²) in [5.74, 6) is -0.524. The predicted octanol–water partition coefficient (Wildman–Crippen LogP) is 2.20. The molecule has 1 aliphatic rings.